The summed E-state index contributed by atoms with van der Waals surface area (Å²) in [5, 5.41) is 20.2. The maximum atomic E-state index is 11.1. The average molecular weight is 344 g/mol. The van der Waals surface area contributed by atoms with Gasteiger partial charge in [0.25, 0.3) is 0 Å². The van der Waals surface area contributed by atoms with Crippen molar-refractivity contribution in [3.8, 4) is 0 Å². The van der Waals surface area contributed by atoms with E-state index in [1.165, 1.54) is 17.2 Å². The van der Waals surface area contributed by atoms with Crippen molar-refractivity contribution in [2.45, 2.75) is 24.5 Å². The fraction of sp³-hybridized carbons (Fsp3) is 0.545. The van der Waals surface area contributed by atoms with Crippen molar-refractivity contribution in [1.29, 1.82) is 0 Å². The van der Waals surface area contributed by atoms with Crippen LogP contribution in [-0.4, -0.2) is 69.3 Å². The molecule has 0 bridgehead atoms. The van der Waals surface area contributed by atoms with E-state index >= 15 is 0 Å². The van der Waals surface area contributed by atoms with Gasteiger partial charge >= 0.3 is 0 Å². The van der Waals surface area contributed by atoms with E-state index in [0.29, 0.717) is 11.2 Å². The summed E-state index contributed by atoms with van der Waals surface area (Å²) < 4.78 is 31.5. The summed E-state index contributed by atoms with van der Waals surface area (Å²) in [6.07, 6.45) is -0.845. The van der Waals surface area contributed by atoms with Crippen LogP contribution in [0.4, 0.5) is 5.82 Å². The molecule has 0 aromatic carbocycles. The minimum atomic E-state index is -3.44. The van der Waals surface area contributed by atoms with Crippen molar-refractivity contribution >= 4 is 27.0 Å². The number of fused-ring (bicyclic) bond motifs is 1. The first-order chi connectivity index (χ1) is 10.8. The minimum Gasteiger partial charge on any atom is -0.387 e. The Hall–Kier alpha value is -1.86. The van der Waals surface area contributed by atoms with Gasteiger partial charge in [-0.3, -0.25) is 4.57 Å². The van der Waals surface area contributed by atoms with Crippen LogP contribution in [0.15, 0.2) is 12.7 Å². The van der Waals surface area contributed by atoms with Gasteiger partial charge in [-0.05, 0) is 0 Å². The fourth-order valence-electron chi connectivity index (χ4n) is 2.42. The summed E-state index contributed by atoms with van der Waals surface area (Å²) in [5.41, 5.74) is 6.38. The van der Waals surface area contributed by atoms with Gasteiger partial charge in [0.15, 0.2) is 17.7 Å². The first-order valence-corrected chi connectivity index (χ1v) is 8.56. The number of hydrogen-bond acceptors (Lipinski definition) is 9. The molecule has 0 radical (unpaired) electrons. The Morgan fingerprint density at radius 1 is 1.35 bits per heavy atom. The Labute approximate surface area is 131 Å². The number of nitrogen functional groups attached to an aromatic ring is 1. The zero-order valence-electron chi connectivity index (χ0n) is 12.1. The van der Waals surface area contributed by atoms with Gasteiger partial charge in [0, 0.05) is 6.54 Å². The van der Waals surface area contributed by atoms with Crippen molar-refractivity contribution in [1.82, 2.24) is 24.2 Å². The quantitative estimate of drug-likeness (QED) is 0.472. The first kappa shape index (κ1) is 16.0. The first-order valence-electron chi connectivity index (χ1n) is 6.67. The van der Waals surface area contributed by atoms with Crippen LogP contribution < -0.4 is 10.5 Å². The Bertz CT molecular complexity index is 823. The number of aromatic nitrogens is 4. The SMILES string of the molecule is CS(=O)(=O)NC[C@H]1O[C@@H](n2cnc3c(N)ncnc32)[C@@H](O)[C@H]1O. The molecule has 126 valence electrons. The monoisotopic (exact) mass is 344 g/mol. The van der Waals surface area contributed by atoms with E-state index in [-0.39, 0.29) is 12.4 Å². The van der Waals surface area contributed by atoms with Crippen LogP contribution in [0.1, 0.15) is 6.23 Å². The maximum absolute atomic E-state index is 11.1. The zero-order chi connectivity index (χ0) is 16.8. The summed E-state index contributed by atoms with van der Waals surface area (Å²) in [5.74, 6) is 0.178. The number of imidazole rings is 1. The number of ether oxygens (including phenoxy) is 1. The molecule has 2 aromatic heterocycles. The third-order valence-electron chi connectivity index (χ3n) is 3.55. The highest BCUT2D eigenvalue weighted by Crippen LogP contribution is 2.31. The molecule has 4 atom stereocenters. The molecular weight excluding hydrogens is 328 g/mol. The number of nitrogens with two attached hydrogens (primary N) is 1. The molecule has 1 aliphatic rings. The van der Waals surface area contributed by atoms with Crippen molar-refractivity contribution < 1.29 is 23.4 Å². The molecular formula is C11H16N6O5S. The van der Waals surface area contributed by atoms with Gasteiger partial charge in [0.2, 0.25) is 10.0 Å². The van der Waals surface area contributed by atoms with Crippen molar-refractivity contribution in [2.24, 2.45) is 0 Å². The van der Waals surface area contributed by atoms with Gasteiger partial charge in [0.1, 0.15) is 30.2 Å². The topological polar surface area (TPSA) is 165 Å². The summed E-state index contributed by atoms with van der Waals surface area (Å²) in [4.78, 5) is 11.9. The Morgan fingerprint density at radius 2 is 2.09 bits per heavy atom. The number of rotatable bonds is 4. The van der Waals surface area contributed by atoms with E-state index in [2.05, 4.69) is 19.7 Å². The molecule has 0 spiro atoms. The largest absolute Gasteiger partial charge is 0.387 e. The van der Waals surface area contributed by atoms with Gasteiger partial charge < -0.3 is 20.7 Å². The van der Waals surface area contributed by atoms with Gasteiger partial charge in [0.05, 0.1) is 12.6 Å². The molecule has 1 saturated heterocycles. The number of hydrogen-bond donors (Lipinski definition) is 4. The molecule has 2 aromatic rings. The normalized spacial score (nSPS) is 28.5. The standard InChI is InChI=1S/C11H16N6O5S/c1-23(20,21)16-2-5-7(18)8(19)11(22-5)17-4-15-6-9(12)13-3-14-10(6)17/h3-5,7-8,11,16,18-19H,2H2,1H3,(H2,12,13,14)/t5-,7+,8+,11-/m1/s1. The maximum Gasteiger partial charge on any atom is 0.208 e. The van der Waals surface area contributed by atoms with Crippen LogP contribution in [0, 0.1) is 0 Å². The smallest absolute Gasteiger partial charge is 0.208 e. The van der Waals surface area contributed by atoms with E-state index in [1.54, 1.807) is 0 Å². The number of nitrogens with one attached hydrogen (secondary N) is 1. The second-order valence-corrected chi connectivity index (χ2v) is 7.08. The van der Waals surface area contributed by atoms with Crippen LogP contribution in [-0.2, 0) is 14.8 Å². The van der Waals surface area contributed by atoms with Crippen LogP contribution in [0.2, 0.25) is 0 Å². The van der Waals surface area contributed by atoms with Crippen molar-refractivity contribution in [2.75, 3.05) is 18.5 Å². The van der Waals surface area contributed by atoms with E-state index in [0.717, 1.165) is 6.26 Å². The zero-order valence-corrected chi connectivity index (χ0v) is 12.9. The molecule has 1 aliphatic heterocycles. The van der Waals surface area contributed by atoms with Crippen molar-refractivity contribution in [3.05, 3.63) is 12.7 Å². The van der Waals surface area contributed by atoms with E-state index in [1.807, 2.05) is 0 Å². The third-order valence-corrected chi connectivity index (χ3v) is 4.24. The molecule has 12 heteroatoms. The number of sulfonamides is 1. The molecule has 23 heavy (non-hydrogen) atoms. The Kier molecular flexibility index (Phi) is 3.93. The lowest BCUT2D eigenvalue weighted by molar-refractivity contribution is -0.0330. The van der Waals surface area contributed by atoms with Gasteiger partial charge in [-0.25, -0.2) is 28.1 Å². The van der Waals surface area contributed by atoms with E-state index in [4.69, 9.17) is 10.5 Å². The number of anilines is 1. The lowest BCUT2D eigenvalue weighted by Gasteiger charge is -2.16. The molecule has 3 rings (SSSR count). The Balaban J connectivity index is 1.86. The summed E-state index contributed by atoms with van der Waals surface area (Å²) in [7, 11) is -3.44. The second kappa shape index (κ2) is 5.65. The van der Waals surface area contributed by atoms with Crippen LogP contribution in [0.3, 0.4) is 0 Å². The average Bonchev–Trinajstić information content (AvgIpc) is 3.01. The van der Waals surface area contributed by atoms with Gasteiger partial charge in [-0.1, -0.05) is 0 Å². The van der Waals surface area contributed by atoms with E-state index in [9.17, 15) is 18.6 Å². The highest BCUT2D eigenvalue weighted by molar-refractivity contribution is 7.88. The van der Waals surface area contributed by atoms with E-state index < -0.39 is 34.6 Å². The van der Waals surface area contributed by atoms with Gasteiger partial charge in [-0.2, -0.15) is 0 Å². The van der Waals surface area contributed by atoms with Crippen molar-refractivity contribution in [3.63, 3.8) is 0 Å². The highest BCUT2D eigenvalue weighted by Gasteiger charge is 2.44. The second-order valence-electron chi connectivity index (χ2n) is 5.25. The van der Waals surface area contributed by atoms with Crippen LogP contribution >= 0.6 is 0 Å². The lowest BCUT2D eigenvalue weighted by atomic mass is 10.1. The molecule has 11 nitrogen and oxygen atoms in total. The fourth-order valence-corrected chi connectivity index (χ4v) is 2.88. The van der Waals surface area contributed by atoms with Crippen LogP contribution in [0.25, 0.3) is 11.2 Å². The van der Waals surface area contributed by atoms with Crippen LogP contribution in [0.5, 0.6) is 0 Å². The number of aliphatic hydroxyl groups is 2. The summed E-state index contributed by atoms with van der Waals surface area (Å²) in [6.45, 7) is -0.169. The number of nitrogens with zero attached hydrogens (tertiary/aromatic N) is 4. The summed E-state index contributed by atoms with van der Waals surface area (Å²) >= 11 is 0. The molecule has 1 fully saturated rings. The Morgan fingerprint density at radius 3 is 2.78 bits per heavy atom. The predicted molar refractivity (Wildman–Crippen MR) is 78.5 cm³/mol. The van der Waals surface area contributed by atoms with Gasteiger partial charge in [-0.15, -0.1) is 0 Å². The summed E-state index contributed by atoms with van der Waals surface area (Å²) in [6, 6.07) is 0. The molecule has 0 saturated carbocycles. The highest BCUT2D eigenvalue weighted by atomic mass is 32.2. The minimum absolute atomic E-state index is 0.169. The molecule has 0 amide bonds. The third kappa shape index (κ3) is 2.98. The number of aliphatic hydroxyl groups excluding tert-OH is 2. The molecule has 3 heterocycles. The molecule has 5 N–H and O–H groups in total. The lowest BCUT2D eigenvalue weighted by Crippen LogP contribution is -2.39. The molecule has 0 aliphatic carbocycles. The predicted octanol–water partition coefficient (Wildman–Crippen LogP) is -2.42. The molecule has 0 unspecified atom stereocenters.